The Kier molecular flexibility index (Phi) is 11.3. The first-order valence-corrected chi connectivity index (χ1v) is 13.3. The summed E-state index contributed by atoms with van der Waals surface area (Å²) in [7, 11) is 0. The van der Waals surface area contributed by atoms with Gasteiger partial charge in [0.05, 0.1) is 33.2 Å². The van der Waals surface area contributed by atoms with Crippen molar-refractivity contribution in [3.63, 3.8) is 0 Å². The van der Waals surface area contributed by atoms with E-state index in [1.807, 2.05) is 49.8 Å². The molecule has 2 N–H and O–H groups in total. The van der Waals surface area contributed by atoms with Crippen molar-refractivity contribution >= 4 is 29.4 Å². The molecular weight excluding hydrogens is 519 g/mol. The first-order chi connectivity index (χ1) is 18.2. The van der Waals surface area contributed by atoms with Crippen molar-refractivity contribution in [2.75, 3.05) is 6.54 Å². The average Bonchev–Trinajstić information content (AvgIpc) is 3.39. The Labute approximate surface area is 252 Å². The summed E-state index contributed by atoms with van der Waals surface area (Å²) in [6.45, 7) is 18.4. The molecule has 10 heteroatoms. The van der Waals surface area contributed by atoms with E-state index in [1.54, 1.807) is 44.2 Å². The zero-order valence-corrected chi connectivity index (χ0v) is 25.1. The maximum Gasteiger partial charge on any atom is 1.00 e. The number of carbonyl (C=O) groups is 1. The van der Waals surface area contributed by atoms with Gasteiger partial charge in [-0.3, -0.25) is 0 Å². The first-order valence-electron chi connectivity index (χ1n) is 12.5. The molecule has 1 amide bonds. The van der Waals surface area contributed by atoms with Gasteiger partial charge in [0.25, 0.3) is 0 Å². The Morgan fingerprint density at radius 2 is 1.80 bits per heavy atom. The number of nitrogens with zero attached hydrogens (tertiary/aromatic N) is 3. The Balaban J connectivity index is 0.000000323. The number of rotatable bonds is 6. The molecule has 3 heterocycles. The molecule has 0 aliphatic rings. The minimum atomic E-state index is -1.23. The van der Waals surface area contributed by atoms with Gasteiger partial charge in [-0.25, -0.2) is 14.8 Å². The fourth-order valence-electron chi connectivity index (χ4n) is 3.79. The fraction of sp³-hybridized carbons (Fsp3) is 0.333. The monoisotopic (exact) mass is 554 g/mol. The van der Waals surface area contributed by atoms with Crippen molar-refractivity contribution in [2.45, 2.75) is 59.2 Å². The van der Waals surface area contributed by atoms with Crippen molar-refractivity contribution in [1.82, 2.24) is 19.7 Å². The Bertz CT molecular complexity index is 1470. The van der Waals surface area contributed by atoms with Crippen LogP contribution in [0.5, 0.6) is 0 Å². The van der Waals surface area contributed by atoms with Gasteiger partial charge in [0.15, 0.2) is 0 Å². The number of aliphatic hydroxyl groups is 1. The molecule has 1 atom stereocenters. The number of thiazole rings is 1. The van der Waals surface area contributed by atoms with Crippen molar-refractivity contribution in [2.24, 2.45) is 0 Å². The second kappa shape index (κ2) is 13.6. The quantitative estimate of drug-likeness (QED) is 0.281. The number of amides is 1. The van der Waals surface area contributed by atoms with Crippen molar-refractivity contribution in [3.8, 4) is 21.7 Å². The van der Waals surface area contributed by atoms with Gasteiger partial charge in [0.1, 0.15) is 5.60 Å². The van der Waals surface area contributed by atoms with Crippen LogP contribution in [0.15, 0.2) is 42.6 Å². The number of fused-ring (bicyclic) bond motifs is 1. The van der Waals surface area contributed by atoms with Crippen molar-refractivity contribution in [3.05, 3.63) is 78.4 Å². The van der Waals surface area contributed by atoms with E-state index >= 15 is 0 Å². The summed E-state index contributed by atoms with van der Waals surface area (Å²) in [6, 6.07) is 11.8. The van der Waals surface area contributed by atoms with Gasteiger partial charge < -0.3 is 38.2 Å². The Hall–Kier alpha value is -2.96. The molecule has 0 radical (unpaired) electrons. The topological polar surface area (TPSA) is 106 Å². The summed E-state index contributed by atoms with van der Waals surface area (Å²) in [5.74, 6) is 0. The van der Waals surface area contributed by atoms with Crippen LogP contribution in [0.3, 0.4) is 0 Å². The molecule has 0 bridgehead atoms. The van der Waals surface area contributed by atoms with Gasteiger partial charge in [0, 0.05) is 23.4 Å². The predicted molar refractivity (Wildman–Crippen MR) is 155 cm³/mol. The second-order valence-electron chi connectivity index (χ2n) is 10.3. The zero-order chi connectivity index (χ0) is 29.0. The Morgan fingerprint density at radius 3 is 2.35 bits per heavy atom. The van der Waals surface area contributed by atoms with E-state index < -0.39 is 17.3 Å². The second-order valence-corrected chi connectivity index (χ2v) is 11.5. The van der Waals surface area contributed by atoms with Gasteiger partial charge >= 0.3 is 25.0 Å². The summed E-state index contributed by atoms with van der Waals surface area (Å²) < 4.78 is 6.97. The molecule has 0 fully saturated rings. The van der Waals surface area contributed by atoms with E-state index in [1.165, 1.54) is 4.88 Å². The van der Waals surface area contributed by atoms with E-state index in [9.17, 15) is 14.7 Å². The molecule has 40 heavy (non-hydrogen) atoms. The molecule has 4 rings (SSSR count). The minimum absolute atomic E-state index is 0. The molecule has 1 aromatic carbocycles. The van der Waals surface area contributed by atoms with E-state index in [0.29, 0.717) is 5.56 Å². The van der Waals surface area contributed by atoms with Crippen LogP contribution in [-0.2, 0) is 9.53 Å². The number of benzene rings is 1. The molecule has 3 aromatic heterocycles. The molecule has 0 aliphatic heterocycles. The van der Waals surface area contributed by atoms with Crippen LogP contribution in [0.1, 0.15) is 49.2 Å². The van der Waals surface area contributed by atoms with Gasteiger partial charge in [-0.05, 0) is 47.7 Å². The molecule has 208 valence electrons. The maximum atomic E-state index is 11.1. The van der Waals surface area contributed by atoms with Crippen LogP contribution in [0.4, 0.5) is 4.79 Å². The molecule has 0 spiro atoms. The van der Waals surface area contributed by atoms with E-state index in [0.717, 1.165) is 38.9 Å². The predicted octanol–water partition coefficient (Wildman–Crippen LogP) is 2.81. The number of hydrogen-bond acceptors (Lipinski definition) is 7. The van der Waals surface area contributed by atoms with E-state index in [4.69, 9.17) is 9.72 Å². The SMILES string of the molecule is Cc1nc(C)c(-c2ccccc2-c2nc3cc([C-]=O)ccn3c2C)s1.[CH2-]C[C@@]([CH2-])(O)CNC(=O)OC(C)(C)C.[Li+]. The molecule has 0 saturated carbocycles. The minimum Gasteiger partial charge on any atom is -0.444 e. The summed E-state index contributed by atoms with van der Waals surface area (Å²) in [5.41, 5.74) is 4.71. The van der Waals surface area contributed by atoms with Crippen LogP contribution in [0, 0.1) is 34.6 Å². The third kappa shape index (κ3) is 8.52. The largest absolute Gasteiger partial charge is 1.00 e. The summed E-state index contributed by atoms with van der Waals surface area (Å²) in [5, 5.41) is 12.9. The summed E-state index contributed by atoms with van der Waals surface area (Å²) >= 11 is 1.70. The average molecular weight is 555 g/mol. The number of aromatic nitrogens is 3. The van der Waals surface area contributed by atoms with Crippen LogP contribution in [-0.4, -0.2) is 49.6 Å². The van der Waals surface area contributed by atoms with Crippen LogP contribution < -0.4 is 24.2 Å². The van der Waals surface area contributed by atoms with Gasteiger partial charge in [-0.2, -0.15) is 6.42 Å². The smallest absolute Gasteiger partial charge is 0.444 e. The first kappa shape index (κ1) is 33.2. The van der Waals surface area contributed by atoms with Crippen molar-refractivity contribution < 1.29 is 38.3 Å². The van der Waals surface area contributed by atoms with Crippen LogP contribution in [0.25, 0.3) is 27.3 Å². The molecule has 0 aliphatic carbocycles. The van der Waals surface area contributed by atoms with Crippen LogP contribution in [0.2, 0.25) is 0 Å². The number of alkyl carbamates (subject to hydrolysis) is 1. The normalized spacial score (nSPS) is 12.5. The summed E-state index contributed by atoms with van der Waals surface area (Å²) in [4.78, 5) is 32.6. The van der Waals surface area contributed by atoms with Gasteiger partial charge in [0.2, 0.25) is 0 Å². The summed E-state index contributed by atoms with van der Waals surface area (Å²) in [6.07, 6.45) is 3.46. The number of aryl methyl sites for hydroxylation is 3. The molecule has 8 nitrogen and oxygen atoms in total. The molecular formula is C30H35LiN4O4S-2. The standard InChI is InChI=1S/C20H16N3OS.C10H19NO3.Li/c1-12-20(25-14(3)21-12)17-7-5-4-6-16(17)19-13(2)23-9-8-15(11-24)10-18(23)22-19;1-6-10(5,13)7-11-8(12)14-9(2,3)4;/h4-10H,1-3H3;13H,1,5-7H2,2-4H3,(H,11,12);/q-1;-2;+1/t;10-;/m.1./s1. The number of carbonyl (C=O) groups excluding carboxylic acids is 2. The van der Waals surface area contributed by atoms with Gasteiger partial charge in [-0.1, -0.05) is 29.9 Å². The number of nitrogens with one attached hydrogen (secondary N) is 1. The number of hydrogen-bond donors (Lipinski definition) is 2. The molecule has 0 saturated heterocycles. The number of ether oxygens (including phenoxy) is 1. The van der Waals surface area contributed by atoms with Gasteiger partial charge in [-0.15, -0.1) is 29.0 Å². The maximum absolute atomic E-state index is 11.1. The van der Waals surface area contributed by atoms with E-state index in [-0.39, 0.29) is 31.8 Å². The third-order valence-electron chi connectivity index (χ3n) is 5.74. The molecule has 4 aromatic rings. The third-order valence-corrected chi connectivity index (χ3v) is 6.85. The fourth-order valence-corrected chi connectivity index (χ4v) is 4.75. The van der Waals surface area contributed by atoms with Crippen molar-refractivity contribution in [1.29, 1.82) is 0 Å². The Morgan fingerprint density at radius 1 is 1.15 bits per heavy atom. The zero-order valence-electron chi connectivity index (χ0n) is 24.3. The van der Waals surface area contributed by atoms with Crippen LogP contribution >= 0.6 is 11.3 Å². The number of imidazole rings is 1. The van der Waals surface area contributed by atoms with E-state index in [2.05, 4.69) is 36.3 Å². The molecule has 0 unspecified atom stereocenters. The number of pyridine rings is 1.